The van der Waals surface area contributed by atoms with Gasteiger partial charge in [-0.05, 0) is 5.56 Å². The second-order valence-corrected chi connectivity index (χ2v) is 4.23. The number of ketones is 1. The van der Waals surface area contributed by atoms with Crippen LogP contribution in [0.2, 0.25) is 0 Å². The van der Waals surface area contributed by atoms with Crippen LogP contribution in [0.1, 0.15) is 5.56 Å². The van der Waals surface area contributed by atoms with Gasteiger partial charge in [0.05, 0.1) is 6.54 Å². The van der Waals surface area contributed by atoms with E-state index in [0.717, 1.165) is 31.7 Å². The van der Waals surface area contributed by atoms with Gasteiger partial charge >= 0.3 is 0 Å². The van der Waals surface area contributed by atoms with E-state index in [1.807, 2.05) is 30.3 Å². The molecule has 0 atom stereocenters. The average molecular weight is 218 g/mol. The van der Waals surface area contributed by atoms with E-state index in [9.17, 15) is 4.79 Å². The van der Waals surface area contributed by atoms with Gasteiger partial charge in [0.2, 0.25) is 0 Å². The Labute approximate surface area is 96.5 Å². The van der Waals surface area contributed by atoms with Gasteiger partial charge in [0.1, 0.15) is 0 Å². The molecule has 1 aliphatic rings. The Morgan fingerprint density at radius 3 is 2.56 bits per heavy atom. The molecule has 2 rings (SSSR count). The molecule has 0 unspecified atom stereocenters. The number of rotatable bonds is 4. The Balaban J connectivity index is 1.80. The highest BCUT2D eigenvalue weighted by atomic mass is 16.1. The normalized spacial score (nSPS) is 17.2. The molecule has 1 fully saturated rings. The molecule has 3 nitrogen and oxygen atoms in total. The van der Waals surface area contributed by atoms with E-state index in [0.29, 0.717) is 18.7 Å². The summed E-state index contributed by atoms with van der Waals surface area (Å²) in [4.78, 5) is 14.0. The zero-order chi connectivity index (χ0) is 11.2. The number of piperazine rings is 1. The first-order chi connectivity index (χ1) is 7.84. The minimum atomic E-state index is 0.313. The molecule has 1 aliphatic heterocycles. The number of Topliss-reactive ketones (excluding diaryl/α,β-unsaturated/α-hetero) is 1. The van der Waals surface area contributed by atoms with Gasteiger partial charge in [-0.25, -0.2) is 0 Å². The van der Waals surface area contributed by atoms with Gasteiger partial charge in [-0.15, -0.1) is 0 Å². The van der Waals surface area contributed by atoms with Crippen LogP contribution in [0.5, 0.6) is 0 Å². The van der Waals surface area contributed by atoms with E-state index in [1.165, 1.54) is 0 Å². The van der Waals surface area contributed by atoms with Gasteiger partial charge in [0.15, 0.2) is 5.78 Å². The second kappa shape index (κ2) is 5.77. The average Bonchev–Trinajstić information content (AvgIpc) is 2.31. The molecule has 0 amide bonds. The summed E-state index contributed by atoms with van der Waals surface area (Å²) in [5, 5.41) is 3.28. The van der Waals surface area contributed by atoms with Crippen molar-refractivity contribution in [3.63, 3.8) is 0 Å². The summed E-state index contributed by atoms with van der Waals surface area (Å²) < 4.78 is 0. The van der Waals surface area contributed by atoms with Gasteiger partial charge < -0.3 is 5.32 Å². The van der Waals surface area contributed by atoms with Crippen LogP contribution < -0.4 is 5.32 Å². The van der Waals surface area contributed by atoms with Gasteiger partial charge in [-0.1, -0.05) is 30.3 Å². The standard InChI is InChI=1S/C13H18N2O/c16-13(10-12-4-2-1-3-5-12)11-15-8-6-14-7-9-15/h1-5,14H,6-11H2. The number of benzene rings is 1. The number of nitrogens with zero attached hydrogens (tertiary/aromatic N) is 1. The minimum Gasteiger partial charge on any atom is -0.314 e. The summed E-state index contributed by atoms with van der Waals surface area (Å²) in [7, 11) is 0. The van der Waals surface area contributed by atoms with E-state index in [1.54, 1.807) is 0 Å². The van der Waals surface area contributed by atoms with E-state index >= 15 is 0 Å². The SMILES string of the molecule is O=C(Cc1ccccc1)CN1CCNCC1. The van der Waals surface area contributed by atoms with Crippen LogP contribution in [0.25, 0.3) is 0 Å². The lowest BCUT2D eigenvalue weighted by Gasteiger charge is -2.26. The molecule has 1 N–H and O–H groups in total. The molecule has 3 heteroatoms. The van der Waals surface area contributed by atoms with Gasteiger partial charge in [0, 0.05) is 32.6 Å². The summed E-state index contributed by atoms with van der Waals surface area (Å²) in [6.07, 6.45) is 0.560. The molecule has 16 heavy (non-hydrogen) atoms. The zero-order valence-corrected chi connectivity index (χ0v) is 9.48. The number of nitrogens with one attached hydrogen (secondary N) is 1. The predicted octanol–water partition coefficient (Wildman–Crippen LogP) is 0.703. The zero-order valence-electron chi connectivity index (χ0n) is 9.48. The van der Waals surface area contributed by atoms with Crippen LogP contribution in [0.15, 0.2) is 30.3 Å². The van der Waals surface area contributed by atoms with Crippen LogP contribution in [0.3, 0.4) is 0 Å². The van der Waals surface area contributed by atoms with Crippen molar-refractivity contribution < 1.29 is 4.79 Å². The number of carbonyl (C=O) groups is 1. The maximum Gasteiger partial charge on any atom is 0.151 e. The molecule has 0 aliphatic carbocycles. The van der Waals surface area contributed by atoms with Crippen molar-refractivity contribution in [1.29, 1.82) is 0 Å². The fourth-order valence-electron chi connectivity index (χ4n) is 2.00. The first-order valence-electron chi connectivity index (χ1n) is 5.83. The van der Waals surface area contributed by atoms with E-state index < -0.39 is 0 Å². The van der Waals surface area contributed by atoms with Crippen molar-refractivity contribution in [3.8, 4) is 0 Å². The fraction of sp³-hybridized carbons (Fsp3) is 0.462. The summed E-state index contributed by atoms with van der Waals surface area (Å²) in [5.41, 5.74) is 1.11. The van der Waals surface area contributed by atoms with Gasteiger partial charge in [0.25, 0.3) is 0 Å². The number of hydrogen-bond acceptors (Lipinski definition) is 3. The highest BCUT2D eigenvalue weighted by Crippen LogP contribution is 2.01. The molecule has 86 valence electrons. The third-order valence-corrected chi connectivity index (χ3v) is 2.85. The maximum absolute atomic E-state index is 11.8. The topological polar surface area (TPSA) is 32.3 Å². The van der Waals surface area contributed by atoms with Crippen molar-refractivity contribution in [3.05, 3.63) is 35.9 Å². The summed E-state index contributed by atoms with van der Waals surface area (Å²) >= 11 is 0. The van der Waals surface area contributed by atoms with Crippen LogP contribution >= 0.6 is 0 Å². The van der Waals surface area contributed by atoms with Crippen molar-refractivity contribution in [2.24, 2.45) is 0 Å². The van der Waals surface area contributed by atoms with Gasteiger partial charge in [-0.3, -0.25) is 9.69 Å². The molecule has 0 bridgehead atoms. The van der Waals surface area contributed by atoms with Crippen LogP contribution in [0, 0.1) is 0 Å². The molecule has 1 aromatic carbocycles. The van der Waals surface area contributed by atoms with Crippen molar-refractivity contribution in [2.45, 2.75) is 6.42 Å². The Kier molecular flexibility index (Phi) is 4.08. The molecule has 1 aromatic rings. The highest BCUT2D eigenvalue weighted by molar-refractivity contribution is 5.82. The number of carbonyl (C=O) groups excluding carboxylic acids is 1. The predicted molar refractivity (Wildman–Crippen MR) is 64.5 cm³/mol. The Bertz CT molecular complexity index is 331. The Morgan fingerprint density at radius 2 is 1.88 bits per heavy atom. The first-order valence-corrected chi connectivity index (χ1v) is 5.83. The number of hydrogen-bond donors (Lipinski definition) is 1. The summed E-state index contributed by atoms with van der Waals surface area (Å²) in [6, 6.07) is 9.95. The van der Waals surface area contributed by atoms with E-state index in [2.05, 4.69) is 10.2 Å². The lowest BCUT2D eigenvalue weighted by Crippen LogP contribution is -2.45. The smallest absolute Gasteiger partial charge is 0.151 e. The highest BCUT2D eigenvalue weighted by Gasteiger charge is 2.13. The molecule has 0 saturated carbocycles. The molecule has 0 spiro atoms. The quantitative estimate of drug-likeness (QED) is 0.807. The summed E-state index contributed by atoms with van der Waals surface area (Å²) in [5.74, 6) is 0.313. The lowest BCUT2D eigenvalue weighted by atomic mass is 10.1. The molecule has 0 aromatic heterocycles. The first kappa shape index (κ1) is 11.3. The maximum atomic E-state index is 11.8. The molecule has 1 heterocycles. The Hall–Kier alpha value is -1.19. The van der Waals surface area contributed by atoms with Crippen molar-refractivity contribution >= 4 is 5.78 Å². The lowest BCUT2D eigenvalue weighted by molar-refractivity contribution is -0.119. The third-order valence-electron chi connectivity index (χ3n) is 2.85. The van der Waals surface area contributed by atoms with Crippen LogP contribution in [-0.2, 0) is 11.2 Å². The Morgan fingerprint density at radius 1 is 1.19 bits per heavy atom. The van der Waals surface area contributed by atoms with Crippen LogP contribution in [0.4, 0.5) is 0 Å². The van der Waals surface area contributed by atoms with E-state index in [-0.39, 0.29) is 0 Å². The molecular formula is C13H18N2O. The van der Waals surface area contributed by atoms with Gasteiger partial charge in [-0.2, -0.15) is 0 Å². The van der Waals surface area contributed by atoms with Crippen molar-refractivity contribution in [1.82, 2.24) is 10.2 Å². The largest absolute Gasteiger partial charge is 0.314 e. The van der Waals surface area contributed by atoms with Crippen LogP contribution in [-0.4, -0.2) is 43.4 Å². The molecular weight excluding hydrogens is 200 g/mol. The summed E-state index contributed by atoms with van der Waals surface area (Å²) in [6.45, 7) is 4.56. The third kappa shape index (κ3) is 3.43. The minimum absolute atomic E-state index is 0.313. The van der Waals surface area contributed by atoms with Crippen molar-refractivity contribution in [2.75, 3.05) is 32.7 Å². The second-order valence-electron chi connectivity index (χ2n) is 4.23. The monoisotopic (exact) mass is 218 g/mol. The molecule has 0 radical (unpaired) electrons. The van der Waals surface area contributed by atoms with E-state index in [4.69, 9.17) is 0 Å². The molecule has 1 saturated heterocycles. The fourth-order valence-corrected chi connectivity index (χ4v) is 2.00.